The topological polar surface area (TPSA) is 38.8 Å². The summed E-state index contributed by atoms with van der Waals surface area (Å²) < 4.78 is 10.7. The van der Waals surface area contributed by atoms with Crippen molar-refractivity contribution in [3.63, 3.8) is 0 Å². The number of epoxide rings is 1. The Morgan fingerprint density at radius 3 is 2.50 bits per heavy atom. The van der Waals surface area contributed by atoms with Crippen molar-refractivity contribution in [3.8, 4) is 0 Å². The van der Waals surface area contributed by atoms with E-state index in [4.69, 9.17) is 9.47 Å². The van der Waals surface area contributed by atoms with E-state index >= 15 is 0 Å². The number of rotatable bonds is 3. The molecule has 1 heterocycles. The summed E-state index contributed by atoms with van der Waals surface area (Å²) in [7, 11) is 0. The number of carbonyl (C=O) groups is 1. The van der Waals surface area contributed by atoms with Crippen LogP contribution in [0.5, 0.6) is 0 Å². The number of hydrogen-bond acceptors (Lipinski definition) is 3. The van der Waals surface area contributed by atoms with Crippen LogP contribution < -0.4 is 0 Å². The van der Waals surface area contributed by atoms with Crippen molar-refractivity contribution in [1.29, 1.82) is 0 Å². The summed E-state index contributed by atoms with van der Waals surface area (Å²) in [5, 5.41) is 0. The van der Waals surface area contributed by atoms with Crippen LogP contribution in [0, 0.1) is 5.41 Å². The van der Waals surface area contributed by atoms with Gasteiger partial charge in [0.15, 0.2) is 0 Å². The third-order valence-corrected chi connectivity index (χ3v) is 3.39. The highest BCUT2D eigenvalue weighted by molar-refractivity contribution is 5.76. The van der Waals surface area contributed by atoms with Crippen molar-refractivity contribution in [2.24, 2.45) is 5.41 Å². The maximum absolute atomic E-state index is 11.7. The van der Waals surface area contributed by atoms with E-state index in [1.54, 1.807) is 0 Å². The molecule has 1 aliphatic carbocycles. The summed E-state index contributed by atoms with van der Waals surface area (Å²) in [6, 6.07) is 0. The van der Waals surface area contributed by atoms with Gasteiger partial charge in [0.2, 0.25) is 0 Å². The van der Waals surface area contributed by atoms with Gasteiger partial charge in [0.25, 0.3) is 0 Å². The Bertz CT molecular complexity index is 237. The second-order valence-electron chi connectivity index (χ2n) is 4.95. The minimum Gasteiger partial charge on any atom is -0.462 e. The summed E-state index contributed by atoms with van der Waals surface area (Å²) >= 11 is 0. The largest absolute Gasteiger partial charge is 0.462 e. The van der Waals surface area contributed by atoms with Gasteiger partial charge in [-0.1, -0.05) is 6.92 Å². The lowest BCUT2D eigenvalue weighted by Gasteiger charge is -2.23. The number of esters is 1. The van der Waals surface area contributed by atoms with Gasteiger partial charge >= 0.3 is 5.97 Å². The molecule has 2 atom stereocenters. The quantitative estimate of drug-likeness (QED) is 0.513. The van der Waals surface area contributed by atoms with Crippen LogP contribution in [0.1, 0.15) is 40.0 Å². The fraction of sp³-hybridized carbons (Fsp3) is 0.909. The van der Waals surface area contributed by atoms with Gasteiger partial charge in [-0.3, -0.25) is 4.79 Å². The predicted molar refractivity (Wildman–Crippen MR) is 51.8 cm³/mol. The Balaban J connectivity index is 1.82. The molecule has 2 unspecified atom stereocenters. The van der Waals surface area contributed by atoms with Crippen molar-refractivity contribution in [2.45, 2.75) is 58.3 Å². The number of ether oxygens (including phenoxy) is 2. The highest BCUT2D eigenvalue weighted by atomic mass is 16.6. The smallest absolute Gasteiger partial charge is 0.311 e. The van der Waals surface area contributed by atoms with Crippen molar-refractivity contribution in [3.05, 3.63) is 0 Å². The van der Waals surface area contributed by atoms with E-state index in [0.29, 0.717) is 12.2 Å². The van der Waals surface area contributed by atoms with Crippen molar-refractivity contribution < 1.29 is 14.3 Å². The van der Waals surface area contributed by atoms with Crippen molar-refractivity contribution in [1.82, 2.24) is 0 Å². The zero-order valence-corrected chi connectivity index (χ0v) is 9.08. The maximum Gasteiger partial charge on any atom is 0.311 e. The van der Waals surface area contributed by atoms with E-state index in [1.165, 1.54) is 0 Å². The predicted octanol–water partition coefficient (Wildman–Crippen LogP) is 1.90. The zero-order valence-electron chi connectivity index (χ0n) is 9.08. The molecule has 0 aromatic heterocycles. The molecule has 0 bridgehead atoms. The van der Waals surface area contributed by atoms with Crippen LogP contribution in [-0.4, -0.2) is 24.3 Å². The standard InChI is InChI=1S/C11H18O3/c1-4-11(2,3)10(12)13-7-5-8-9(6-7)14-8/h7-9H,4-6H2,1-3H3. The van der Waals surface area contributed by atoms with E-state index < -0.39 is 0 Å². The minimum atomic E-state index is -0.340. The van der Waals surface area contributed by atoms with Crippen molar-refractivity contribution >= 4 is 5.97 Å². The van der Waals surface area contributed by atoms with Crippen LogP contribution in [0.2, 0.25) is 0 Å². The molecule has 1 saturated heterocycles. The van der Waals surface area contributed by atoms with Crippen LogP contribution in [0.15, 0.2) is 0 Å². The van der Waals surface area contributed by atoms with E-state index in [1.807, 2.05) is 20.8 Å². The van der Waals surface area contributed by atoms with Gasteiger partial charge in [0.1, 0.15) is 6.10 Å². The van der Waals surface area contributed by atoms with Crippen molar-refractivity contribution in [2.75, 3.05) is 0 Å². The zero-order chi connectivity index (χ0) is 10.3. The Morgan fingerprint density at radius 2 is 2.00 bits per heavy atom. The van der Waals surface area contributed by atoms with Crippen LogP contribution in [0.3, 0.4) is 0 Å². The first kappa shape index (κ1) is 9.97. The average molecular weight is 198 g/mol. The lowest BCUT2D eigenvalue weighted by atomic mass is 9.90. The fourth-order valence-electron chi connectivity index (χ4n) is 1.76. The summed E-state index contributed by atoms with van der Waals surface area (Å²) in [6.07, 6.45) is 3.50. The monoisotopic (exact) mass is 198 g/mol. The molecule has 3 heteroatoms. The summed E-state index contributed by atoms with van der Waals surface area (Å²) in [4.78, 5) is 11.7. The summed E-state index contributed by atoms with van der Waals surface area (Å²) in [6.45, 7) is 5.87. The number of fused-ring (bicyclic) bond motifs is 1. The maximum atomic E-state index is 11.7. The molecule has 0 spiro atoms. The van der Waals surface area contributed by atoms with Gasteiger partial charge in [0.05, 0.1) is 17.6 Å². The first-order valence-corrected chi connectivity index (χ1v) is 5.39. The second kappa shape index (κ2) is 3.23. The molecule has 0 radical (unpaired) electrons. The lowest BCUT2D eigenvalue weighted by molar-refractivity contribution is -0.160. The minimum absolute atomic E-state index is 0.0636. The van der Waals surface area contributed by atoms with Gasteiger partial charge in [-0.05, 0) is 20.3 Å². The molecule has 0 aromatic carbocycles. The molecule has 2 rings (SSSR count). The first-order valence-electron chi connectivity index (χ1n) is 5.39. The second-order valence-corrected chi connectivity index (χ2v) is 4.95. The van der Waals surface area contributed by atoms with Crippen LogP contribution in [0.4, 0.5) is 0 Å². The lowest BCUT2D eigenvalue weighted by Crippen LogP contribution is -2.29. The van der Waals surface area contributed by atoms with E-state index in [0.717, 1.165) is 19.3 Å². The van der Waals surface area contributed by atoms with Gasteiger partial charge < -0.3 is 9.47 Å². The normalized spacial score (nSPS) is 35.2. The van der Waals surface area contributed by atoms with E-state index in [9.17, 15) is 4.79 Å². The molecular formula is C11H18O3. The van der Waals surface area contributed by atoms with E-state index in [2.05, 4.69) is 0 Å². The molecular weight excluding hydrogens is 180 g/mol. The van der Waals surface area contributed by atoms with Gasteiger partial charge in [-0.15, -0.1) is 0 Å². The average Bonchev–Trinajstić information content (AvgIpc) is 2.74. The molecule has 3 nitrogen and oxygen atoms in total. The molecule has 2 fully saturated rings. The summed E-state index contributed by atoms with van der Waals surface area (Å²) in [5.74, 6) is -0.0636. The molecule has 2 aliphatic rings. The van der Waals surface area contributed by atoms with Crippen LogP contribution >= 0.6 is 0 Å². The molecule has 1 aliphatic heterocycles. The third kappa shape index (κ3) is 1.78. The fourth-order valence-corrected chi connectivity index (χ4v) is 1.76. The SMILES string of the molecule is CCC(C)(C)C(=O)OC1CC2OC2C1. The summed E-state index contributed by atoms with van der Waals surface area (Å²) in [5.41, 5.74) is -0.340. The van der Waals surface area contributed by atoms with Crippen LogP contribution in [0.25, 0.3) is 0 Å². The van der Waals surface area contributed by atoms with Gasteiger partial charge in [0, 0.05) is 12.8 Å². The Hall–Kier alpha value is -0.570. The molecule has 14 heavy (non-hydrogen) atoms. The Kier molecular flexibility index (Phi) is 2.30. The molecule has 0 amide bonds. The van der Waals surface area contributed by atoms with Crippen LogP contribution in [-0.2, 0) is 14.3 Å². The highest BCUT2D eigenvalue weighted by Crippen LogP contribution is 2.40. The molecule has 80 valence electrons. The molecule has 0 N–H and O–H groups in total. The van der Waals surface area contributed by atoms with Gasteiger partial charge in [-0.25, -0.2) is 0 Å². The number of carbonyl (C=O) groups excluding carboxylic acids is 1. The highest BCUT2D eigenvalue weighted by Gasteiger charge is 2.50. The van der Waals surface area contributed by atoms with Gasteiger partial charge in [-0.2, -0.15) is 0 Å². The Morgan fingerprint density at radius 1 is 1.43 bits per heavy atom. The molecule has 1 saturated carbocycles. The number of hydrogen-bond donors (Lipinski definition) is 0. The first-order chi connectivity index (χ1) is 6.53. The molecule has 0 aromatic rings. The van der Waals surface area contributed by atoms with E-state index in [-0.39, 0.29) is 17.5 Å². The third-order valence-electron chi connectivity index (χ3n) is 3.39. The Labute approximate surface area is 84.8 Å².